The molecular weight excluding hydrogens is 721 g/mol. The maximum Gasteiger partial charge on any atom is 0.490 e. The molecule has 19 heteroatoms. The number of phenolic OH excluding ortho intramolecular Hbond substituents is 1. The third-order valence-corrected chi connectivity index (χ3v) is 8.09. The quantitative estimate of drug-likeness (QED) is 0.117. The summed E-state index contributed by atoms with van der Waals surface area (Å²) in [5.74, 6) is -7.52. The Balaban J connectivity index is 0.00000131. The number of benzene rings is 2. The lowest BCUT2D eigenvalue weighted by Gasteiger charge is -2.29. The molecule has 1 saturated heterocycles. The highest BCUT2D eigenvalue weighted by Gasteiger charge is 2.39. The van der Waals surface area contributed by atoms with Crippen LogP contribution < -0.4 is 27.4 Å². The number of carbonyl (C=O) groups is 7. The van der Waals surface area contributed by atoms with Gasteiger partial charge in [-0.05, 0) is 48.4 Å². The van der Waals surface area contributed by atoms with Crippen LogP contribution in [-0.4, -0.2) is 105 Å². The Labute approximate surface area is 308 Å². The number of amides is 5. The van der Waals surface area contributed by atoms with Gasteiger partial charge >= 0.3 is 18.1 Å². The van der Waals surface area contributed by atoms with Crippen molar-refractivity contribution >= 4 is 41.5 Å². The van der Waals surface area contributed by atoms with Crippen molar-refractivity contribution in [3.8, 4) is 5.75 Å². The zero-order valence-electron chi connectivity index (χ0n) is 29.5. The van der Waals surface area contributed by atoms with E-state index >= 15 is 0 Å². The number of phenols is 1. The second kappa shape index (κ2) is 20.5. The molecule has 0 radical (unpaired) electrons. The SMILES string of the molecule is CC(C)C[C@H](N)C(=O)N1CCC[C@@H]1C(=O)N[C@@H](Cc1ccc(O)cc1)C(=O)N[C@@H](Cc1ccccc1)C(=O)N[C@@H](CC(=O)O)C(N)=O.O=C(O)C(F)(F)F. The number of hydrogen-bond acceptors (Lipinski definition) is 9. The number of nitrogens with zero attached hydrogens (tertiary/aromatic N) is 1. The largest absolute Gasteiger partial charge is 0.508 e. The summed E-state index contributed by atoms with van der Waals surface area (Å²) in [6.07, 6.45) is -4.52. The number of nitrogens with two attached hydrogens (primary N) is 2. The molecule has 54 heavy (non-hydrogen) atoms. The van der Waals surface area contributed by atoms with Gasteiger partial charge in [0.05, 0.1) is 12.5 Å². The normalized spacial score (nSPS) is 16.1. The van der Waals surface area contributed by atoms with Crippen molar-refractivity contribution in [2.24, 2.45) is 17.4 Å². The minimum Gasteiger partial charge on any atom is -0.508 e. The number of hydrogen-bond donors (Lipinski definition) is 8. The van der Waals surface area contributed by atoms with E-state index in [1.165, 1.54) is 17.0 Å². The minimum atomic E-state index is -5.08. The molecule has 0 spiro atoms. The van der Waals surface area contributed by atoms with Crippen LogP contribution in [0.15, 0.2) is 54.6 Å². The molecule has 10 N–H and O–H groups in total. The van der Waals surface area contributed by atoms with Crippen molar-refractivity contribution in [1.82, 2.24) is 20.9 Å². The van der Waals surface area contributed by atoms with Crippen LogP contribution in [0.5, 0.6) is 5.75 Å². The molecule has 1 heterocycles. The van der Waals surface area contributed by atoms with Gasteiger partial charge in [-0.25, -0.2) is 4.79 Å². The van der Waals surface area contributed by atoms with E-state index in [1.54, 1.807) is 42.5 Å². The first-order chi connectivity index (χ1) is 25.2. The molecule has 0 saturated carbocycles. The smallest absolute Gasteiger partial charge is 0.490 e. The number of likely N-dealkylation sites (tertiary alicyclic amines) is 1. The Bertz CT molecular complexity index is 1630. The standard InChI is InChI=1S/C33H44N6O8.C2HF3O2/c1-19(2)15-23(34)33(47)39-14-6-9-27(39)32(46)38-26(17-21-10-12-22(40)13-11-21)31(45)37-25(16-20-7-4-3-5-8-20)30(44)36-24(29(35)43)18-28(41)42;3-2(4,5)1(6)7/h3-5,7-8,10-13,19,23-27,40H,6,9,14-18,34H2,1-2H3,(H2,35,43)(H,36,44)(H,37,45)(H,38,46)(H,41,42);(H,6,7)/t23-,24-,25-,26-,27+;/m0./s1. The first-order valence-electron chi connectivity index (χ1n) is 16.8. The van der Waals surface area contributed by atoms with E-state index < -0.39 is 78.4 Å². The van der Waals surface area contributed by atoms with Crippen LogP contribution in [0.4, 0.5) is 13.2 Å². The van der Waals surface area contributed by atoms with Crippen molar-refractivity contribution < 1.29 is 62.1 Å². The second-order valence-corrected chi connectivity index (χ2v) is 13.0. The van der Waals surface area contributed by atoms with Crippen LogP contribution in [0.1, 0.15) is 50.7 Å². The van der Waals surface area contributed by atoms with E-state index in [2.05, 4.69) is 16.0 Å². The van der Waals surface area contributed by atoms with Crippen molar-refractivity contribution in [3.63, 3.8) is 0 Å². The van der Waals surface area contributed by atoms with Gasteiger partial charge in [-0.15, -0.1) is 0 Å². The predicted molar refractivity (Wildman–Crippen MR) is 185 cm³/mol. The van der Waals surface area contributed by atoms with Crippen molar-refractivity contribution in [2.45, 2.75) is 88.8 Å². The topological polar surface area (TPSA) is 272 Å². The molecule has 0 aromatic heterocycles. The molecule has 1 aliphatic rings. The number of rotatable bonds is 16. The van der Waals surface area contributed by atoms with Gasteiger partial charge in [0.2, 0.25) is 29.5 Å². The zero-order valence-corrected chi connectivity index (χ0v) is 29.5. The summed E-state index contributed by atoms with van der Waals surface area (Å²) in [5.41, 5.74) is 12.7. The molecule has 1 fully saturated rings. The predicted octanol–water partition coefficient (Wildman–Crippen LogP) is 0.590. The van der Waals surface area contributed by atoms with E-state index in [-0.39, 0.29) is 30.4 Å². The third-order valence-electron chi connectivity index (χ3n) is 8.09. The Kier molecular flexibility index (Phi) is 16.9. The van der Waals surface area contributed by atoms with E-state index in [9.17, 15) is 52.2 Å². The van der Waals surface area contributed by atoms with Crippen LogP contribution in [0.3, 0.4) is 0 Å². The highest BCUT2D eigenvalue weighted by atomic mass is 19.4. The fourth-order valence-corrected chi connectivity index (χ4v) is 5.47. The summed E-state index contributed by atoms with van der Waals surface area (Å²) in [6.45, 7) is 4.23. The molecule has 0 aliphatic carbocycles. The Morgan fingerprint density at radius 2 is 1.33 bits per heavy atom. The number of carboxylic acid groups (broad SMARTS) is 2. The van der Waals surface area contributed by atoms with Crippen LogP contribution in [0.2, 0.25) is 0 Å². The fourth-order valence-electron chi connectivity index (χ4n) is 5.47. The molecule has 16 nitrogen and oxygen atoms in total. The van der Waals surface area contributed by atoms with Gasteiger partial charge in [-0.2, -0.15) is 13.2 Å². The number of aliphatic carboxylic acids is 2. The Morgan fingerprint density at radius 1 is 0.833 bits per heavy atom. The van der Waals surface area contributed by atoms with Gasteiger partial charge in [0.15, 0.2) is 0 Å². The molecule has 3 rings (SSSR count). The maximum absolute atomic E-state index is 13.9. The number of carbonyl (C=O) groups excluding carboxylic acids is 5. The highest BCUT2D eigenvalue weighted by molar-refractivity contribution is 5.96. The van der Waals surface area contributed by atoms with Gasteiger partial charge < -0.3 is 47.6 Å². The monoisotopic (exact) mass is 766 g/mol. The summed E-state index contributed by atoms with van der Waals surface area (Å²) < 4.78 is 31.7. The summed E-state index contributed by atoms with van der Waals surface area (Å²) >= 11 is 0. The number of carboxylic acids is 2. The lowest BCUT2D eigenvalue weighted by Crippen LogP contribution is -2.59. The van der Waals surface area contributed by atoms with Gasteiger partial charge in [0, 0.05) is 19.4 Å². The van der Waals surface area contributed by atoms with Crippen molar-refractivity contribution in [3.05, 3.63) is 65.7 Å². The summed E-state index contributed by atoms with van der Waals surface area (Å²) in [7, 11) is 0. The Hall–Kier alpha value is -5.72. The molecular formula is C35H45F3N6O10. The summed E-state index contributed by atoms with van der Waals surface area (Å²) in [4.78, 5) is 87.5. The second-order valence-electron chi connectivity index (χ2n) is 13.0. The Morgan fingerprint density at radius 3 is 1.81 bits per heavy atom. The maximum atomic E-state index is 13.9. The fraction of sp³-hybridized carbons (Fsp3) is 0.457. The van der Waals surface area contributed by atoms with Crippen molar-refractivity contribution in [1.29, 1.82) is 0 Å². The average Bonchev–Trinajstić information content (AvgIpc) is 3.58. The lowest BCUT2D eigenvalue weighted by atomic mass is 10.0. The van der Waals surface area contributed by atoms with Crippen LogP contribution in [0.25, 0.3) is 0 Å². The first-order valence-corrected chi connectivity index (χ1v) is 16.8. The van der Waals surface area contributed by atoms with E-state index in [1.807, 2.05) is 13.8 Å². The molecule has 2 aromatic carbocycles. The van der Waals surface area contributed by atoms with Crippen molar-refractivity contribution in [2.75, 3.05) is 6.54 Å². The zero-order chi connectivity index (χ0) is 40.7. The highest BCUT2D eigenvalue weighted by Crippen LogP contribution is 2.21. The molecule has 2 aromatic rings. The van der Waals surface area contributed by atoms with E-state index in [0.717, 1.165) is 0 Å². The molecule has 0 unspecified atom stereocenters. The molecule has 296 valence electrons. The average molecular weight is 767 g/mol. The number of nitrogens with one attached hydrogen (secondary N) is 3. The van der Waals surface area contributed by atoms with Gasteiger partial charge in [-0.1, -0.05) is 56.3 Å². The van der Waals surface area contributed by atoms with Crippen LogP contribution >= 0.6 is 0 Å². The minimum absolute atomic E-state index is 0.00148. The van der Waals surface area contributed by atoms with E-state index in [0.29, 0.717) is 36.9 Å². The number of alkyl halides is 3. The number of primary amides is 1. The molecule has 1 aliphatic heterocycles. The van der Waals surface area contributed by atoms with E-state index in [4.69, 9.17) is 21.4 Å². The van der Waals surface area contributed by atoms with Crippen LogP contribution in [0, 0.1) is 5.92 Å². The molecule has 0 bridgehead atoms. The van der Waals surface area contributed by atoms with Gasteiger partial charge in [-0.3, -0.25) is 28.8 Å². The van der Waals surface area contributed by atoms with Gasteiger partial charge in [0.1, 0.15) is 29.9 Å². The third kappa shape index (κ3) is 14.7. The summed E-state index contributed by atoms with van der Waals surface area (Å²) in [5, 5.41) is 33.8. The molecule has 5 amide bonds. The summed E-state index contributed by atoms with van der Waals surface area (Å²) in [6, 6.07) is 9.01. The lowest BCUT2D eigenvalue weighted by molar-refractivity contribution is -0.192. The molecule has 5 atom stereocenters. The number of halogens is 3. The first kappa shape index (κ1) is 44.4. The number of aromatic hydroxyl groups is 1. The van der Waals surface area contributed by atoms with Gasteiger partial charge in [0.25, 0.3) is 0 Å². The van der Waals surface area contributed by atoms with Crippen LogP contribution in [-0.2, 0) is 46.4 Å².